The predicted octanol–water partition coefficient (Wildman–Crippen LogP) is 1.99. The number of pyridine rings is 1. The molecule has 1 aromatic heterocycles. The van der Waals surface area contributed by atoms with Crippen LogP contribution in [0, 0.1) is 0 Å². The fourth-order valence-corrected chi connectivity index (χ4v) is 1.72. The highest BCUT2D eigenvalue weighted by Gasteiger charge is 1.96. The summed E-state index contributed by atoms with van der Waals surface area (Å²) in [5.74, 6) is -0.967. The molecule has 19 heavy (non-hydrogen) atoms. The van der Waals surface area contributed by atoms with Crippen LogP contribution in [0.2, 0.25) is 0 Å². The van der Waals surface area contributed by atoms with Gasteiger partial charge in [-0.3, -0.25) is 4.79 Å². The molecule has 4 nitrogen and oxygen atoms in total. The fraction of sp³-hybridized carbons (Fsp3) is 0.0667. The number of carboxylic acid groups (broad SMARTS) is 1. The molecule has 4 heteroatoms. The quantitative estimate of drug-likeness (QED) is 0.850. The molecule has 0 aliphatic heterocycles. The zero-order chi connectivity index (χ0) is 13.7. The van der Waals surface area contributed by atoms with Crippen molar-refractivity contribution in [2.75, 3.05) is 0 Å². The molecule has 2 aromatic rings. The fourth-order valence-electron chi connectivity index (χ4n) is 1.72. The van der Waals surface area contributed by atoms with Crippen LogP contribution in [0.1, 0.15) is 11.1 Å². The Hall–Kier alpha value is -2.62. The zero-order valence-electron chi connectivity index (χ0n) is 10.2. The molecule has 1 aromatic carbocycles. The van der Waals surface area contributed by atoms with Crippen LogP contribution in [0.25, 0.3) is 6.08 Å². The highest BCUT2D eigenvalue weighted by molar-refractivity contribution is 5.85. The number of benzene rings is 1. The Morgan fingerprint density at radius 1 is 1.21 bits per heavy atom. The van der Waals surface area contributed by atoms with E-state index in [0.29, 0.717) is 6.54 Å². The Bertz CT molecular complexity index is 651. The van der Waals surface area contributed by atoms with Crippen LogP contribution in [0.3, 0.4) is 0 Å². The highest BCUT2D eigenvalue weighted by atomic mass is 16.4. The molecule has 0 spiro atoms. The van der Waals surface area contributed by atoms with Crippen molar-refractivity contribution in [1.29, 1.82) is 0 Å². The van der Waals surface area contributed by atoms with Crippen molar-refractivity contribution < 1.29 is 9.90 Å². The molecule has 0 amide bonds. The molecule has 0 fully saturated rings. The van der Waals surface area contributed by atoms with Gasteiger partial charge in [0.25, 0.3) is 0 Å². The van der Waals surface area contributed by atoms with E-state index in [1.54, 1.807) is 18.5 Å². The average Bonchev–Trinajstić information content (AvgIpc) is 2.40. The Morgan fingerprint density at radius 2 is 1.95 bits per heavy atom. The van der Waals surface area contributed by atoms with Gasteiger partial charge >= 0.3 is 5.97 Å². The first-order chi connectivity index (χ1) is 9.13. The number of hydrogen-bond acceptors (Lipinski definition) is 2. The minimum atomic E-state index is -0.967. The molecular weight excluding hydrogens is 242 g/mol. The van der Waals surface area contributed by atoms with E-state index in [9.17, 15) is 9.59 Å². The van der Waals surface area contributed by atoms with Crippen molar-refractivity contribution in [2.45, 2.75) is 6.54 Å². The van der Waals surface area contributed by atoms with E-state index >= 15 is 0 Å². The van der Waals surface area contributed by atoms with Crippen LogP contribution in [0.5, 0.6) is 0 Å². The molecule has 0 atom stereocenters. The van der Waals surface area contributed by atoms with E-state index < -0.39 is 5.97 Å². The lowest BCUT2D eigenvalue weighted by Crippen LogP contribution is -2.04. The van der Waals surface area contributed by atoms with Gasteiger partial charge < -0.3 is 9.67 Å². The minimum absolute atomic E-state index is 0.0191. The lowest BCUT2D eigenvalue weighted by Gasteiger charge is -2.06. The molecule has 96 valence electrons. The topological polar surface area (TPSA) is 59.3 Å². The molecule has 0 bridgehead atoms. The summed E-state index contributed by atoms with van der Waals surface area (Å²) in [5.41, 5.74) is 1.85. The van der Waals surface area contributed by atoms with Crippen LogP contribution in [0.15, 0.2) is 59.7 Å². The number of aromatic nitrogens is 1. The van der Waals surface area contributed by atoms with E-state index in [1.165, 1.54) is 12.1 Å². The van der Waals surface area contributed by atoms with Crippen LogP contribution >= 0.6 is 0 Å². The van der Waals surface area contributed by atoms with E-state index in [-0.39, 0.29) is 5.43 Å². The first kappa shape index (κ1) is 12.8. The molecule has 1 N–H and O–H groups in total. The van der Waals surface area contributed by atoms with Gasteiger partial charge in [-0.15, -0.1) is 0 Å². The maximum Gasteiger partial charge on any atom is 0.328 e. The van der Waals surface area contributed by atoms with Crippen molar-refractivity contribution in [1.82, 2.24) is 4.57 Å². The van der Waals surface area contributed by atoms with Gasteiger partial charge in [0.05, 0.1) is 0 Å². The van der Waals surface area contributed by atoms with Crippen LogP contribution < -0.4 is 5.43 Å². The lowest BCUT2D eigenvalue weighted by molar-refractivity contribution is -0.131. The van der Waals surface area contributed by atoms with Gasteiger partial charge in [-0.2, -0.15) is 0 Å². The van der Waals surface area contributed by atoms with E-state index in [4.69, 9.17) is 5.11 Å². The van der Waals surface area contributed by atoms with Gasteiger partial charge in [0.2, 0.25) is 0 Å². The number of carboxylic acids is 1. The van der Waals surface area contributed by atoms with Gasteiger partial charge in [-0.1, -0.05) is 18.2 Å². The van der Waals surface area contributed by atoms with Gasteiger partial charge in [-0.05, 0) is 23.3 Å². The first-order valence-electron chi connectivity index (χ1n) is 5.79. The molecule has 0 unspecified atom stereocenters. The normalized spacial score (nSPS) is 10.7. The molecule has 0 radical (unpaired) electrons. The molecular formula is C15H13NO3. The number of hydrogen-bond donors (Lipinski definition) is 1. The Labute approximate surface area is 110 Å². The second kappa shape index (κ2) is 5.82. The standard InChI is InChI=1S/C15H13NO3/c17-14-6-8-16(9-7-14)11-13-3-1-2-12(10-13)4-5-15(18)19/h1-10H,11H2,(H,18,19). The monoisotopic (exact) mass is 255 g/mol. The maximum absolute atomic E-state index is 11.0. The lowest BCUT2D eigenvalue weighted by atomic mass is 10.1. The van der Waals surface area contributed by atoms with Gasteiger partial charge in [-0.25, -0.2) is 4.79 Å². The number of carbonyl (C=O) groups is 1. The minimum Gasteiger partial charge on any atom is -0.478 e. The average molecular weight is 255 g/mol. The second-order valence-corrected chi connectivity index (χ2v) is 4.12. The zero-order valence-corrected chi connectivity index (χ0v) is 10.2. The second-order valence-electron chi connectivity index (χ2n) is 4.12. The first-order valence-corrected chi connectivity index (χ1v) is 5.79. The van der Waals surface area contributed by atoms with Gasteiger partial charge in [0.1, 0.15) is 0 Å². The van der Waals surface area contributed by atoms with Crippen LogP contribution in [-0.2, 0) is 11.3 Å². The van der Waals surface area contributed by atoms with E-state index in [2.05, 4.69) is 0 Å². The van der Waals surface area contributed by atoms with E-state index in [1.807, 2.05) is 28.8 Å². The summed E-state index contributed by atoms with van der Waals surface area (Å²) in [6.45, 7) is 0.634. The van der Waals surface area contributed by atoms with Crippen LogP contribution in [-0.4, -0.2) is 15.6 Å². The predicted molar refractivity (Wildman–Crippen MR) is 72.9 cm³/mol. The van der Waals surface area contributed by atoms with Crippen LogP contribution in [0.4, 0.5) is 0 Å². The Morgan fingerprint density at radius 3 is 2.63 bits per heavy atom. The number of aliphatic carboxylic acids is 1. The number of rotatable bonds is 4. The maximum atomic E-state index is 11.0. The molecule has 0 saturated carbocycles. The van der Waals surface area contributed by atoms with E-state index in [0.717, 1.165) is 17.2 Å². The van der Waals surface area contributed by atoms with Gasteiger partial charge in [0.15, 0.2) is 5.43 Å². The van der Waals surface area contributed by atoms with Crippen molar-refractivity contribution in [2.24, 2.45) is 0 Å². The summed E-state index contributed by atoms with van der Waals surface area (Å²) >= 11 is 0. The molecule has 0 aliphatic carbocycles. The smallest absolute Gasteiger partial charge is 0.328 e. The SMILES string of the molecule is O=C(O)C=Cc1cccc(Cn2ccc(=O)cc2)c1. The van der Waals surface area contributed by atoms with Crippen molar-refractivity contribution >= 4 is 12.0 Å². The summed E-state index contributed by atoms with van der Waals surface area (Å²) in [5, 5.41) is 8.58. The molecule has 2 rings (SSSR count). The highest BCUT2D eigenvalue weighted by Crippen LogP contribution is 2.08. The largest absolute Gasteiger partial charge is 0.478 e. The summed E-state index contributed by atoms with van der Waals surface area (Å²) in [6, 6.07) is 10.6. The van der Waals surface area contributed by atoms with Crippen molar-refractivity contribution in [3.8, 4) is 0 Å². The number of nitrogens with zero attached hydrogens (tertiary/aromatic N) is 1. The third-order valence-corrected chi connectivity index (χ3v) is 2.60. The summed E-state index contributed by atoms with van der Waals surface area (Å²) in [6.07, 6.45) is 6.11. The third-order valence-electron chi connectivity index (χ3n) is 2.60. The summed E-state index contributed by atoms with van der Waals surface area (Å²) in [7, 11) is 0. The van der Waals surface area contributed by atoms with Gasteiger partial charge in [0, 0.05) is 37.1 Å². The molecule has 1 heterocycles. The van der Waals surface area contributed by atoms with Crippen molar-refractivity contribution in [3.05, 3.63) is 76.2 Å². The summed E-state index contributed by atoms with van der Waals surface area (Å²) < 4.78 is 1.89. The third kappa shape index (κ3) is 3.96. The van der Waals surface area contributed by atoms with Crippen molar-refractivity contribution in [3.63, 3.8) is 0 Å². The Balaban J connectivity index is 2.17. The molecule has 0 saturated heterocycles. The summed E-state index contributed by atoms with van der Waals surface area (Å²) in [4.78, 5) is 21.5. The molecule has 0 aliphatic rings. The Kier molecular flexibility index (Phi) is 3.93.